The first-order chi connectivity index (χ1) is 8.33. The van der Waals surface area contributed by atoms with Gasteiger partial charge in [0.05, 0.1) is 0 Å². The number of benzene rings is 1. The highest BCUT2D eigenvalue weighted by molar-refractivity contribution is 5.48. The molecule has 3 nitrogen and oxygen atoms in total. The minimum atomic E-state index is 0.352. The van der Waals surface area contributed by atoms with Crippen LogP contribution in [0.2, 0.25) is 0 Å². The van der Waals surface area contributed by atoms with E-state index >= 15 is 0 Å². The predicted molar refractivity (Wildman–Crippen MR) is 66.3 cm³/mol. The summed E-state index contributed by atoms with van der Waals surface area (Å²) in [5.41, 5.74) is 1.59. The molecule has 1 N–H and O–H groups in total. The van der Waals surface area contributed by atoms with Crippen LogP contribution in [0.5, 0.6) is 11.5 Å². The third kappa shape index (κ3) is 1.89. The molecular formula is C14H19NO2. The Balaban J connectivity index is 1.71. The Morgan fingerprint density at radius 1 is 1.29 bits per heavy atom. The maximum atomic E-state index is 5.52. The first-order valence-corrected chi connectivity index (χ1v) is 6.45. The molecule has 0 unspecified atom stereocenters. The van der Waals surface area contributed by atoms with Gasteiger partial charge in [0.15, 0.2) is 11.5 Å². The maximum absolute atomic E-state index is 5.52. The zero-order chi connectivity index (χ0) is 11.7. The predicted octanol–water partition coefficient (Wildman–Crippen LogP) is 2.84. The molecule has 0 atom stereocenters. The van der Waals surface area contributed by atoms with Crippen LogP contribution in [0.25, 0.3) is 0 Å². The Bertz CT molecular complexity index is 407. The monoisotopic (exact) mass is 233 g/mol. The highest BCUT2D eigenvalue weighted by atomic mass is 16.7. The van der Waals surface area contributed by atoms with Gasteiger partial charge in [-0.2, -0.15) is 0 Å². The van der Waals surface area contributed by atoms with Gasteiger partial charge in [-0.15, -0.1) is 0 Å². The van der Waals surface area contributed by atoms with Crippen molar-refractivity contribution in [3.8, 4) is 11.5 Å². The number of hydrogen-bond donors (Lipinski definition) is 1. The van der Waals surface area contributed by atoms with Gasteiger partial charge in [0, 0.05) is 17.6 Å². The average Bonchev–Trinajstić information content (AvgIpc) is 2.77. The number of ether oxygens (including phenoxy) is 2. The number of nitrogens with one attached hydrogen (secondary N) is 1. The third-order valence-electron chi connectivity index (χ3n) is 4.12. The highest BCUT2D eigenvalue weighted by Crippen LogP contribution is 2.38. The minimum absolute atomic E-state index is 0.352. The summed E-state index contributed by atoms with van der Waals surface area (Å²) < 4.78 is 10.9. The standard InChI is InChI=1S/C14H19NO2/c1-2-14(7-4-8-14)15-9-11-5-3-6-12-13(11)17-10-16-12/h3,5-6,15H,2,4,7-10H2,1H3. The topological polar surface area (TPSA) is 30.5 Å². The van der Waals surface area contributed by atoms with Crippen LogP contribution < -0.4 is 14.8 Å². The maximum Gasteiger partial charge on any atom is 0.231 e. The molecule has 3 rings (SSSR count). The van der Waals surface area contributed by atoms with Crippen molar-refractivity contribution in [2.45, 2.75) is 44.7 Å². The molecule has 1 aromatic rings. The van der Waals surface area contributed by atoms with Crippen molar-refractivity contribution >= 4 is 0 Å². The number of para-hydroxylation sites is 1. The average molecular weight is 233 g/mol. The van der Waals surface area contributed by atoms with E-state index in [2.05, 4.69) is 18.3 Å². The van der Waals surface area contributed by atoms with Crippen LogP contribution in [-0.2, 0) is 6.54 Å². The van der Waals surface area contributed by atoms with Gasteiger partial charge in [-0.25, -0.2) is 0 Å². The molecule has 1 aliphatic carbocycles. The SMILES string of the molecule is CCC1(NCc2cccc3c2OCO3)CCC1. The van der Waals surface area contributed by atoms with Crippen molar-refractivity contribution in [1.29, 1.82) is 0 Å². The second kappa shape index (κ2) is 4.22. The molecule has 0 spiro atoms. The summed E-state index contributed by atoms with van der Waals surface area (Å²) in [6, 6.07) is 6.11. The van der Waals surface area contributed by atoms with Gasteiger partial charge in [0.1, 0.15) is 0 Å². The Labute approximate surface area is 102 Å². The molecule has 17 heavy (non-hydrogen) atoms. The first kappa shape index (κ1) is 10.9. The number of rotatable bonds is 4. The van der Waals surface area contributed by atoms with Crippen LogP contribution in [0.3, 0.4) is 0 Å². The van der Waals surface area contributed by atoms with E-state index in [0.717, 1.165) is 18.0 Å². The Kier molecular flexibility index (Phi) is 2.71. The molecule has 2 aliphatic rings. The zero-order valence-electron chi connectivity index (χ0n) is 10.3. The highest BCUT2D eigenvalue weighted by Gasteiger charge is 2.34. The van der Waals surface area contributed by atoms with E-state index in [1.807, 2.05) is 12.1 Å². The molecule has 1 heterocycles. The lowest BCUT2D eigenvalue weighted by Crippen LogP contribution is -2.49. The van der Waals surface area contributed by atoms with Gasteiger partial charge in [-0.1, -0.05) is 19.1 Å². The van der Waals surface area contributed by atoms with Crippen LogP contribution in [0.1, 0.15) is 38.2 Å². The molecule has 1 saturated carbocycles. The summed E-state index contributed by atoms with van der Waals surface area (Å²) in [5.74, 6) is 1.80. The lowest BCUT2D eigenvalue weighted by molar-refractivity contribution is 0.167. The summed E-state index contributed by atoms with van der Waals surface area (Å²) in [7, 11) is 0. The molecule has 92 valence electrons. The third-order valence-corrected chi connectivity index (χ3v) is 4.12. The van der Waals surface area contributed by atoms with E-state index in [4.69, 9.17) is 9.47 Å². The fourth-order valence-electron chi connectivity index (χ4n) is 2.67. The molecule has 0 aromatic heterocycles. The molecule has 0 radical (unpaired) electrons. The van der Waals surface area contributed by atoms with Gasteiger partial charge in [-0.05, 0) is 31.7 Å². The molecule has 0 bridgehead atoms. The summed E-state index contributed by atoms with van der Waals surface area (Å²) in [6.45, 7) is 3.49. The van der Waals surface area contributed by atoms with Gasteiger partial charge in [-0.3, -0.25) is 0 Å². The van der Waals surface area contributed by atoms with E-state index in [0.29, 0.717) is 12.3 Å². The van der Waals surface area contributed by atoms with Crippen LogP contribution in [0.4, 0.5) is 0 Å². The van der Waals surface area contributed by atoms with Crippen molar-refractivity contribution < 1.29 is 9.47 Å². The van der Waals surface area contributed by atoms with E-state index in [-0.39, 0.29) is 0 Å². The zero-order valence-corrected chi connectivity index (χ0v) is 10.3. The summed E-state index contributed by atoms with van der Waals surface area (Å²) in [5, 5.41) is 3.69. The van der Waals surface area contributed by atoms with Gasteiger partial charge >= 0.3 is 0 Å². The van der Waals surface area contributed by atoms with Gasteiger partial charge in [0.25, 0.3) is 0 Å². The van der Waals surface area contributed by atoms with E-state index < -0.39 is 0 Å². The van der Waals surface area contributed by atoms with E-state index in [1.54, 1.807) is 0 Å². The lowest BCUT2D eigenvalue weighted by Gasteiger charge is -2.42. The van der Waals surface area contributed by atoms with Crippen LogP contribution >= 0.6 is 0 Å². The lowest BCUT2D eigenvalue weighted by atomic mass is 9.75. The van der Waals surface area contributed by atoms with Crippen molar-refractivity contribution in [3.05, 3.63) is 23.8 Å². The Hall–Kier alpha value is -1.22. The summed E-state index contributed by atoms with van der Waals surface area (Å²) in [6.07, 6.45) is 5.17. The smallest absolute Gasteiger partial charge is 0.231 e. The Morgan fingerprint density at radius 3 is 2.88 bits per heavy atom. The van der Waals surface area contributed by atoms with Crippen molar-refractivity contribution in [3.63, 3.8) is 0 Å². The molecule has 1 fully saturated rings. The molecule has 1 aliphatic heterocycles. The fraction of sp³-hybridized carbons (Fsp3) is 0.571. The Morgan fingerprint density at radius 2 is 2.18 bits per heavy atom. The van der Waals surface area contributed by atoms with Crippen LogP contribution in [0.15, 0.2) is 18.2 Å². The van der Waals surface area contributed by atoms with Crippen molar-refractivity contribution in [2.75, 3.05) is 6.79 Å². The van der Waals surface area contributed by atoms with Crippen molar-refractivity contribution in [2.24, 2.45) is 0 Å². The molecule has 0 amide bonds. The second-order valence-electron chi connectivity index (χ2n) is 4.99. The van der Waals surface area contributed by atoms with Gasteiger partial charge in [0.2, 0.25) is 6.79 Å². The summed E-state index contributed by atoms with van der Waals surface area (Å²) in [4.78, 5) is 0. The van der Waals surface area contributed by atoms with E-state index in [1.165, 1.54) is 31.2 Å². The normalized spacial score (nSPS) is 20.1. The van der Waals surface area contributed by atoms with Crippen molar-refractivity contribution in [1.82, 2.24) is 5.32 Å². The number of fused-ring (bicyclic) bond motifs is 1. The van der Waals surface area contributed by atoms with Crippen LogP contribution in [-0.4, -0.2) is 12.3 Å². The van der Waals surface area contributed by atoms with E-state index in [9.17, 15) is 0 Å². The molecular weight excluding hydrogens is 214 g/mol. The van der Waals surface area contributed by atoms with Gasteiger partial charge < -0.3 is 14.8 Å². The first-order valence-electron chi connectivity index (χ1n) is 6.45. The fourth-order valence-corrected chi connectivity index (χ4v) is 2.67. The minimum Gasteiger partial charge on any atom is -0.454 e. The number of hydrogen-bond acceptors (Lipinski definition) is 3. The summed E-state index contributed by atoms with van der Waals surface area (Å²) >= 11 is 0. The molecule has 1 aromatic carbocycles. The van der Waals surface area contributed by atoms with Crippen LogP contribution in [0, 0.1) is 0 Å². The second-order valence-corrected chi connectivity index (χ2v) is 4.99. The largest absolute Gasteiger partial charge is 0.454 e. The quantitative estimate of drug-likeness (QED) is 0.867. The molecule has 3 heteroatoms. The molecule has 0 saturated heterocycles.